The Morgan fingerprint density at radius 3 is 2.12 bits per heavy atom. The van der Waals surface area contributed by atoms with Crippen molar-refractivity contribution in [1.29, 1.82) is 0 Å². The molecule has 4 nitrogen and oxygen atoms in total. The minimum atomic E-state index is -0.336. The van der Waals surface area contributed by atoms with Gasteiger partial charge in [0.05, 0.1) is 5.92 Å². The molecule has 4 heteroatoms. The molecule has 1 N–H and O–H groups in total. The maximum Gasteiger partial charge on any atom is 0.232 e. The van der Waals surface area contributed by atoms with Gasteiger partial charge in [0.1, 0.15) is 11.5 Å². The summed E-state index contributed by atoms with van der Waals surface area (Å²) in [4.78, 5) is 16.0. The number of para-hydroxylation sites is 2. The van der Waals surface area contributed by atoms with Crippen molar-refractivity contribution in [3.63, 3.8) is 0 Å². The molecular weight excluding hydrogens is 420 g/mol. The lowest BCUT2D eigenvalue weighted by atomic mass is 9.87. The molecule has 1 saturated heterocycles. The van der Waals surface area contributed by atoms with Gasteiger partial charge in [-0.1, -0.05) is 72.8 Å². The Bertz CT molecular complexity index is 1290. The van der Waals surface area contributed by atoms with Gasteiger partial charge in [-0.3, -0.25) is 9.69 Å². The minimum Gasteiger partial charge on any atom is -0.457 e. The number of nitrogens with zero attached hydrogens (tertiary/aromatic N) is 1. The lowest BCUT2D eigenvalue weighted by molar-refractivity contribution is -0.122. The summed E-state index contributed by atoms with van der Waals surface area (Å²) in [6, 6.07) is 31.2. The molecule has 2 heterocycles. The van der Waals surface area contributed by atoms with Crippen LogP contribution in [-0.2, 0) is 11.3 Å². The van der Waals surface area contributed by atoms with Crippen LogP contribution in [0.1, 0.15) is 35.4 Å². The van der Waals surface area contributed by atoms with Crippen molar-refractivity contribution >= 4 is 16.7 Å². The zero-order valence-corrected chi connectivity index (χ0v) is 19.1. The molecule has 0 spiro atoms. The highest BCUT2D eigenvalue weighted by molar-refractivity contribution is 5.90. The van der Waals surface area contributed by atoms with Crippen LogP contribution in [0.3, 0.4) is 0 Å². The number of carbonyl (C=O) groups is 1. The zero-order chi connectivity index (χ0) is 22.9. The Kier molecular flexibility index (Phi) is 5.52. The lowest BCUT2D eigenvalue weighted by Gasteiger charge is -2.34. The molecule has 170 valence electrons. The fourth-order valence-corrected chi connectivity index (χ4v) is 5.31. The topological polar surface area (TPSA) is 41.6 Å². The summed E-state index contributed by atoms with van der Waals surface area (Å²) in [5, 5.41) is 5.93. The number of amides is 1. The summed E-state index contributed by atoms with van der Waals surface area (Å²) in [5.41, 5.74) is 3.22. The van der Waals surface area contributed by atoms with E-state index in [-0.39, 0.29) is 17.9 Å². The molecule has 0 aliphatic carbocycles. The normalized spacial score (nSPS) is 16.5. The van der Waals surface area contributed by atoms with Gasteiger partial charge in [0.25, 0.3) is 0 Å². The largest absolute Gasteiger partial charge is 0.457 e. The molecule has 0 aromatic heterocycles. The number of rotatable bonds is 4. The van der Waals surface area contributed by atoms with Crippen molar-refractivity contribution < 1.29 is 9.53 Å². The molecule has 0 unspecified atom stereocenters. The number of carbonyl (C=O) groups excluding carboxylic acids is 1. The predicted octanol–water partition coefficient (Wildman–Crippen LogP) is 5.86. The van der Waals surface area contributed by atoms with E-state index in [0.717, 1.165) is 55.1 Å². The van der Waals surface area contributed by atoms with Crippen LogP contribution < -0.4 is 10.1 Å². The molecule has 2 aliphatic rings. The number of benzene rings is 4. The van der Waals surface area contributed by atoms with E-state index in [0.29, 0.717) is 0 Å². The van der Waals surface area contributed by atoms with E-state index in [1.54, 1.807) is 0 Å². The smallest absolute Gasteiger partial charge is 0.232 e. The fraction of sp³-hybridized carbons (Fsp3) is 0.233. The number of fused-ring (bicyclic) bond motifs is 3. The summed E-state index contributed by atoms with van der Waals surface area (Å²) in [5.74, 6) is 1.27. The van der Waals surface area contributed by atoms with Crippen molar-refractivity contribution in [1.82, 2.24) is 10.2 Å². The maximum atomic E-state index is 13.5. The van der Waals surface area contributed by atoms with Gasteiger partial charge in [0, 0.05) is 36.8 Å². The summed E-state index contributed by atoms with van der Waals surface area (Å²) in [6.07, 6.45) is 1.93. The third-order valence-corrected chi connectivity index (χ3v) is 7.10. The van der Waals surface area contributed by atoms with E-state index in [9.17, 15) is 4.79 Å². The van der Waals surface area contributed by atoms with Crippen LogP contribution in [0.2, 0.25) is 0 Å². The van der Waals surface area contributed by atoms with Crippen molar-refractivity contribution in [2.45, 2.75) is 31.3 Å². The summed E-state index contributed by atoms with van der Waals surface area (Å²) in [7, 11) is 0. The molecule has 0 atom stereocenters. The van der Waals surface area contributed by atoms with Crippen molar-refractivity contribution in [3.05, 3.63) is 108 Å². The molecule has 0 bridgehead atoms. The third kappa shape index (κ3) is 4.06. The second-order valence-electron chi connectivity index (χ2n) is 9.35. The Labute approximate surface area is 200 Å². The van der Waals surface area contributed by atoms with Gasteiger partial charge >= 0.3 is 0 Å². The van der Waals surface area contributed by atoms with Crippen LogP contribution in [-0.4, -0.2) is 29.9 Å². The van der Waals surface area contributed by atoms with E-state index in [1.165, 1.54) is 16.3 Å². The first-order valence-corrected chi connectivity index (χ1v) is 12.1. The van der Waals surface area contributed by atoms with Crippen LogP contribution in [0.25, 0.3) is 10.8 Å². The van der Waals surface area contributed by atoms with Crippen molar-refractivity contribution in [3.8, 4) is 11.5 Å². The fourth-order valence-electron chi connectivity index (χ4n) is 5.31. The van der Waals surface area contributed by atoms with Gasteiger partial charge in [-0.2, -0.15) is 0 Å². The van der Waals surface area contributed by atoms with Gasteiger partial charge in [-0.25, -0.2) is 0 Å². The van der Waals surface area contributed by atoms with Crippen LogP contribution >= 0.6 is 0 Å². The second kappa shape index (κ2) is 8.96. The van der Waals surface area contributed by atoms with Crippen molar-refractivity contribution in [2.75, 3.05) is 13.1 Å². The molecule has 0 radical (unpaired) electrons. The standard InChI is InChI=1S/C30H28N2O2/c33-30(29-25-9-3-5-11-27(25)34-28-12-6-4-10-26(28)29)31-24-15-17-32(18-16-24)20-21-13-14-22-7-1-2-8-23(22)19-21/h1-14,19,24,29H,15-18,20H2,(H,31,33). The molecule has 34 heavy (non-hydrogen) atoms. The van der Waals surface area contributed by atoms with Crippen LogP contribution in [0, 0.1) is 0 Å². The molecule has 0 saturated carbocycles. The third-order valence-electron chi connectivity index (χ3n) is 7.10. The first-order chi connectivity index (χ1) is 16.7. The summed E-state index contributed by atoms with van der Waals surface area (Å²) in [6.45, 7) is 2.92. The lowest BCUT2D eigenvalue weighted by Crippen LogP contribution is -2.46. The van der Waals surface area contributed by atoms with E-state index >= 15 is 0 Å². The van der Waals surface area contributed by atoms with Crippen molar-refractivity contribution in [2.24, 2.45) is 0 Å². The minimum absolute atomic E-state index is 0.0659. The molecule has 4 aromatic carbocycles. The van der Waals surface area contributed by atoms with Crippen LogP contribution in [0.15, 0.2) is 91.0 Å². The highest BCUT2D eigenvalue weighted by Gasteiger charge is 2.33. The number of piperidine rings is 1. The van der Waals surface area contributed by atoms with Gasteiger partial charge in [-0.15, -0.1) is 0 Å². The molecule has 1 fully saturated rings. The number of nitrogens with one attached hydrogen (secondary N) is 1. The Morgan fingerprint density at radius 1 is 0.794 bits per heavy atom. The van der Waals surface area contributed by atoms with E-state index in [4.69, 9.17) is 4.74 Å². The van der Waals surface area contributed by atoms with E-state index in [1.807, 2.05) is 48.5 Å². The van der Waals surface area contributed by atoms with E-state index in [2.05, 4.69) is 52.7 Å². The van der Waals surface area contributed by atoms with E-state index < -0.39 is 0 Å². The molecule has 4 aromatic rings. The summed E-state index contributed by atoms with van der Waals surface area (Å²) >= 11 is 0. The average Bonchev–Trinajstić information content (AvgIpc) is 2.88. The average molecular weight is 449 g/mol. The molecule has 1 amide bonds. The van der Waals surface area contributed by atoms with Gasteiger partial charge < -0.3 is 10.1 Å². The molecule has 2 aliphatic heterocycles. The number of likely N-dealkylation sites (tertiary alicyclic amines) is 1. The van der Waals surface area contributed by atoms with Crippen LogP contribution in [0.5, 0.6) is 11.5 Å². The van der Waals surface area contributed by atoms with Gasteiger partial charge in [-0.05, 0) is 47.4 Å². The first kappa shape index (κ1) is 20.9. The second-order valence-corrected chi connectivity index (χ2v) is 9.35. The first-order valence-electron chi connectivity index (χ1n) is 12.1. The number of hydrogen-bond acceptors (Lipinski definition) is 3. The maximum absolute atomic E-state index is 13.5. The Morgan fingerprint density at radius 2 is 1.41 bits per heavy atom. The van der Waals surface area contributed by atoms with Gasteiger partial charge in [0.2, 0.25) is 5.91 Å². The SMILES string of the molecule is O=C(NC1CCN(Cc2ccc3ccccc3c2)CC1)C1c2ccccc2Oc2ccccc21. The zero-order valence-electron chi connectivity index (χ0n) is 19.1. The molecule has 6 rings (SSSR count). The Hall–Kier alpha value is -3.63. The number of hydrogen-bond donors (Lipinski definition) is 1. The summed E-state index contributed by atoms with van der Waals surface area (Å²) < 4.78 is 6.06. The monoisotopic (exact) mass is 448 g/mol. The molecular formula is C30H28N2O2. The highest BCUT2D eigenvalue weighted by atomic mass is 16.5. The van der Waals surface area contributed by atoms with Gasteiger partial charge in [0.15, 0.2) is 0 Å². The predicted molar refractivity (Wildman–Crippen MR) is 135 cm³/mol. The quantitative estimate of drug-likeness (QED) is 0.425. The number of ether oxygens (including phenoxy) is 1. The Balaban J connectivity index is 1.11. The van der Waals surface area contributed by atoms with Crippen LogP contribution in [0.4, 0.5) is 0 Å². The highest BCUT2D eigenvalue weighted by Crippen LogP contribution is 2.44.